The van der Waals surface area contributed by atoms with E-state index in [0.29, 0.717) is 23.7 Å². The summed E-state index contributed by atoms with van der Waals surface area (Å²) < 4.78 is 18.1. The standard InChI is InChI=1S/C47H64N10O11/c1-6-7-22-68-46-55-41(48)40-42(56-46)57(47(65)54-40)28-32-10-15-34(16-11-32)43(61)50-21-24-67-26-25-66-23-20-49-36(58)19-17-35(45(63)64)52-44(62)39(30(4)5)53-38(60)27-51-37(59)18-12-31-8-13-33(14-9-31)29(2)3/h8-16,18,29-30,35,39H,6-7,17,19-28H2,1-5H3,(H,49,58)(H,50,61)(H,51,59)(H,52,62)(H,53,60)(H,54,65)(H,63,64)(H2,48,55,56)/b18-12+/t35-,39+/m1/s1. The molecule has 0 aliphatic carbocycles. The van der Waals surface area contributed by atoms with Crippen LogP contribution < -0.4 is 37.1 Å². The Morgan fingerprint density at radius 3 is 2.12 bits per heavy atom. The SMILES string of the molecule is CCCCOc1nc(N)c2nc(O)n(Cc3ccc(C(=O)NCCOCCOCCNC(=O)CC[C@@H](NC(=O)[C@@H](NC(=O)CNC(=O)/C=C/c4ccc(C(C)C)cc4)C(C)C)C(=O)O)cc3)c2n1. The molecule has 2 aromatic carbocycles. The van der Waals surface area contributed by atoms with E-state index in [1.165, 1.54) is 16.2 Å². The molecule has 0 spiro atoms. The monoisotopic (exact) mass is 944 g/mol. The Bertz CT molecular complexity index is 2330. The lowest BCUT2D eigenvalue weighted by Crippen LogP contribution is -2.55. The summed E-state index contributed by atoms with van der Waals surface area (Å²) in [6, 6.07) is 11.9. The minimum absolute atomic E-state index is 0.0907. The van der Waals surface area contributed by atoms with Crippen molar-refractivity contribution in [2.45, 2.75) is 84.8 Å². The first kappa shape index (κ1) is 53.5. The van der Waals surface area contributed by atoms with Gasteiger partial charge in [0, 0.05) is 31.1 Å². The molecule has 21 heteroatoms. The van der Waals surface area contributed by atoms with Crippen LogP contribution in [-0.4, -0.2) is 130 Å². The third kappa shape index (κ3) is 17.6. The lowest BCUT2D eigenvalue weighted by atomic mass is 10.0. The maximum absolute atomic E-state index is 13.1. The number of aromatic nitrogens is 4. The van der Waals surface area contributed by atoms with Gasteiger partial charge in [0.2, 0.25) is 23.6 Å². The van der Waals surface area contributed by atoms with Crippen LogP contribution in [0.4, 0.5) is 5.82 Å². The number of aromatic hydroxyl groups is 1. The van der Waals surface area contributed by atoms with E-state index >= 15 is 0 Å². The van der Waals surface area contributed by atoms with E-state index in [2.05, 4.69) is 55.4 Å². The van der Waals surface area contributed by atoms with E-state index in [-0.39, 0.29) is 88.2 Å². The van der Waals surface area contributed by atoms with Gasteiger partial charge in [-0.15, -0.1) is 0 Å². The molecule has 2 heterocycles. The van der Waals surface area contributed by atoms with Crippen molar-refractivity contribution in [3.8, 4) is 12.0 Å². The van der Waals surface area contributed by atoms with Crippen LogP contribution in [0.15, 0.2) is 54.6 Å². The number of nitrogens with zero attached hydrogens (tertiary/aromatic N) is 4. The Hall–Kier alpha value is -7.13. The fourth-order valence-corrected chi connectivity index (χ4v) is 6.41. The number of carboxylic acids is 1. The Kier molecular flexibility index (Phi) is 21.6. The molecule has 0 saturated carbocycles. The van der Waals surface area contributed by atoms with Crippen molar-refractivity contribution < 1.29 is 53.2 Å². The molecule has 68 heavy (non-hydrogen) atoms. The summed E-state index contributed by atoms with van der Waals surface area (Å²) in [6.07, 6.45) is 4.27. The molecule has 0 saturated heterocycles. The molecule has 21 nitrogen and oxygen atoms in total. The number of benzene rings is 2. The number of carboxylic acid groups (broad SMARTS) is 1. The number of imidazole rings is 1. The third-order valence-corrected chi connectivity index (χ3v) is 10.3. The molecule has 9 N–H and O–H groups in total. The van der Waals surface area contributed by atoms with Crippen molar-refractivity contribution in [3.63, 3.8) is 0 Å². The molecular weight excluding hydrogens is 881 g/mol. The second-order valence-corrected chi connectivity index (χ2v) is 16.4. The first-order valence-corrected chi connectivity index (χ1v) is 22.6. The lowest BCUT2D eigenvalue weighted by Gasteiger charge is -2.24. The van der Waals surface area contributed by atoms with Gasteiger partial charge in [0.1, 0.15) is 12.1 Å². The van der Waals surface area contributed by atoms with Gasteiger partial charge in [0.05, 0.1) is 46.1 Å². The van der Waals surface area contributed by atoms with Crippen LogP contribution in [-0.2, 0) is 40.0 Å². The summed E-state index contributed by atoms with van der Waals surface area (Å²) in [5, 5.41) is 33.1. The Morgan fingerprint density at radius 1 is 0.809 bits per heavy atom. The zero-order valence-electron chi connectivity index (χ0n) is 39.2. The minimum Gasteiger partial charge on any atom is -0.480 e. The molecule has 0 radical (unpaired) electrons. The number of aliphatic carboxylic acids is 1. The fraction of sp³-hybridized carbons (Fsp3) is 0.468. The maximum atomic E-state index is 13.1. The third-order valence-electron chi connectivity index (χ3n) is 10.3. The molecule has 0 unspecified atom stereocenters. The number of carbonyl (C=O) groups excluding carboxylic acids is 5. The second kappa shape index (κ2) is 27.5. The zero-order chi connectivity index (χ0) is 49.6. The van der Waals surface area contributed by atoms with E-state index in [9.17, 15) is 39.0 Å². The predicted molar refractivity (Wildman–Crippen MR) is 252 cm³/mol. The highest BCUT2D eigenvalue weighted by Crippen LogP contribution is 2.26. The van der Waals surface area contributed by atoms with E-state index in [0.717, 1.165) is 24.0 Å². The van der Waals surface area contributed by atoms with Crippen molar-refractivity contribution >= 4 is 58.6 Å². The first-order valence-electron chi connectivity index (χ1n) is 22.6. The van der Waals surface area contributed by atoms with Gasteiger partial charge in [-0.2, -0.15) is 15.0 Å². The molecule has 4 aromatic rings. The smallest absolute Gasteiger partial charge is 0.326 e. The van der Waals surface area contributed by atoms with Gasteiger partial charge >= 0.3 is 12.0 Å². The molecule has 2 aromatic heterocycles. The van der Waals surface area contributed by atoms with Crippen molar-refractivity contribution in [1.29, 1.82) is 0 Å². The van der Waals surface area contributed by atoms with Gasteiger partial charge < -0.3 is 56.7 Å². The average Bonchev–Trinajstić information content (AvgIpc) is 3.62. The second-order valence-electron chi connectivity index (χ2n) is 16.4. The van der Waals surface area contributed by atoms with Crippen LogP contribution in [0.25, 0.3) is 17.2 Å². The highest BCUT2D eigenvalue weighted by atomic mass is 16.5. The van der Waals surface area contributed by atoms with Gasteiger partial charge in [-0.3, -0.25) is 28.5 Å². The topological polar surface area (TPSA) is 300 Å². The van der Waals surface area contributed by atoms with Crippen LogP contribution in [0.2, 0.25) is 0 Å². The van der Waals surface area contributed by atoms with E-state index in [1.807, 2.05) is 31.2 Å². The number of hydrogen-bond acceptors (Lipinski definition) is 14. The number of nitrogen functional groups attached to an aromatic ring is 1. The van der Waals surface area contributed by atoms with Gasteiger partial charge in [-0.05, 0) is 59.6 Å². The molecular formula is C47H64N10O11. The summed E-state index contributed by atoms with van der Waals surface area (Å²) in [6.45, 7) is 11.0. The van der Waals surface area contributed by atoms with Crippen LogP contribution in [0.1, 0.15) is 93.3 Å². The Balaban J connectivity index is 1.06. The van der Waals surface area contributed by atoms with Crippen LogP contribution in [0.3, 0.4) is 0 Å². The van der Waals surface area contributed by atoms with E-state index in [4.69, 9.17) is 19.9 Å². The van der Waals surface area contributed by atoms with Gasteiger partial charge in [0.15, 0.2) is 17.0 Å². The number of ether oxygens (including phenoxy) is 3. The number of hydrogen-bond donors (Lipinski definition) is 8. The number of amides is 5. The summed E-state index contributed by atoms with van der Waals surface area (Å²) in [7, 11) is 0. The van der Waals surface area contributed by atoms with Gasteiger partial charge in [-0.25, -0.2) is 4.79 Å². The van der Waals surface area contributed by atoms with E-state index < -0.39 is 54.1 Å². The quantitative estimate of drug-likeness (QED) is 0.0287. The summed E-state index contributed by atoms with van der Waals surface area (Å²) in [5.41, 5.74) is 9.80. The maximum Gasteiger partial charge on any atom is 0.326 e. The molecule has 0 bridgehead atoms. The molecule has 4 rings (SSSR count). The molecule has 2 atom stereocenters. The normalized spacial score (nSPS) is 12.2. The number of anilines is 1. The molecule has 0 aliphatic heterocycles. The average molecular weight is 945 g/mol. The minimum atomic E-state index is -1.40. The number of rotatable bonds is 29. The molecule has 0 fully saturated rings. The van der Waals surface area contributed by atoms with Crippen LogP contribution in [0.5, 0.6) is 12.0 Å². The van der Waals surface area contributed by atoms with Crippen molar-refractivity contribution in [3.05, 3.63) is 76.9 Å². The molecule has 368 valence electrons. The fourth-order valence-electron chi connectivity index (χ4n) is 6.41. The Labute approximate surface area is 395 Å². The number of carbonyl (C=O) groups is 6. The summed E-state index contributed by atoms with van der Waals surface area (Å²) in [4.78, 5) is 87.7. The van der Waals surface area contributed by atoms with Gasteiger partial charge in [-0.1, -0.05) is 77.4 Å². The van der Waals surface area contributed by atoms with Crippen molar-refractivity contribution in [2.75, 3.05) is 58.4 Å². The highest BCUT2D eigenvalue weighted by molar-refractivity contribution is 5.96. The zero-order valence-corrected chi connectivity index (χ0v) is 39.2. The summed E-state index contributed by atoms with van der Waals surface area (Å²) in [5.74, 6) is -3.94. The van der Waals surface area contributed by atoms with Crippen LogP contribution in [0, 0.1) is 5.92 Å². The molecule has 0 aliphatic rings. The Morgan fingerprint density at radius 2 is 1.49 bits per heavy atom. The number of unbranched alkanes of at least 4 members (excludes halogenated alkanes) is 1. The van der Waals surface area contributed by atoms with E-state index in [1.54, 1.807) is 44.2 Å². The van der Waals surface area contributed by atoms with Crippen LogP contribution >= 0.6 is 0 Å². The molecule has 5 amide bonds. The number of nitrogens with one attached hydrogen (secondary N) is 5. The van der Waals surface area contributed by atoms with Gasteiger partial charge in [0.25, 0.3) is 11.9 Å². The number of nitrogens with two attached hydrogens (primary N) is 1. The summed E-state index contributed by atoms with van der Waals surface area (Å²) >= 11 is 0. The lowest BCUT2D eigenvalue weighted by molar-refractivity contribution is -0.142. The van der Waals surface area contributed by atoms with Crippen molar-refractivity contribution in [2.24, 2.45) is 5.92 Å². The first-order chi connectivity index (χ1) is 32.6. The number of fused-ring (bicyclic) bond motifs is 1. The predicted octanol–water partition coefficient (Wildman–Crippen LogP) is 2.66. The highest BCUT2D eigenvalue weighted by Gasteiger charge is 2.29. The van der Waals surface area contributed by atoms with Crippen molar-refractivity contribution in [1.82, 2.24) is 46.1 Å². The largest absolute Gasteiger partial charge is 0.480 e.